The predicted molar refractivity (Wildman–Crippen MR) is 95.9 cm³/mol. The number of aromatic hydroxyl groups is 4. The fourth-order valence-electron chi connectivity index (χ4n) is 5.59. The summed E-state index contributed by atoms with van der Waals surface area (Å²) < 4.78 is 0. The lowest BCUT2D eigenvalue weighted by atomic mass is 9.75. The Morgan fingerprint density at radius 3 is 1.48 bits per heavy atom. The summed E-state index contributed by atoms with van der Waals surface area (Å²) in [6.45, 7) is 7.99. The van der Waals surface area contributed by atoms with Crippen LogP contribution in [0, 0.1) is 13.8 Å². The second-order valence-corrected chi connectivity index (χ2v) is 7.95. The van der Waals surface area contributed by atoms with E-state index in [4.69, 9.17) is 0 Å². The second kappa shape index (κ2) is 4.84. The van der Waals surface area contributed by atoms with E-state index in [2.05, 4.69) is 13.8 Å². The van der Waals surface area contributed by atoms with Crippen LogP contribution in [0.3, 0.4) is 0 Å². The molecule has 0 aromatic heterocycles. The molecule has 4 nitrogen and oxygen atoms in total. The minimum absolute atomic E-state index is 0.0429. The Morgan fingerprint density at radius 2 is 1.12 bits per heavy atom. The molecule has 1 spiro atoms. The topological polar surface area (TPSA) is 80.9 Å². The third-order valence-electron chi connectivity index (χ3n) is 6.47. The number of benzene rings is 2. The molecule has 25 heavy (non-hydrogen) atoms. The van der Waals surface area contributed by atoms with Gasteiger partial charge in [-0.25, -0.2) is 0 Å². The lowest BCUT2D eigenvalue weighted by Crippen LogP contribution is -2.21. The standard InChI is InChI=1S/C21H24O4/c1-9-7-21(13-5-15(22)19(24)11(3)17(9)13)8-10(2)18-12(4)20(25)16(23)6-14(18)21/h5-6,9-10,22-25H,7-8H2,1-4H3. The molecule has 0 amide bonds. The van der Waals surface area contributed by atoms with Crippen LogP contribution in [0.5, 0.6) is 23.0 Å². The zero-order valence-corrected chi connectivity index (χ0v) is 15.0. The summed E-state index contributed by atoms with van der Waals surface area (Å²) in [4.78, 5) is 0. The molecule has 132 valence electrons. The quantitative estimate of drug-likeness (QED) is 0.535. The van der Waals surface area contributed by atoms with Crippen LogP contribution in [-0.4, -0.2) is 20.4 Å². The van der Waals surface area contributed by atoms with Gasteiger partial charge in [-0.05, 0) is 84.0 Å². The van der Waals surface area contributed by atoms with Crippen molar-refractivity contribution in [3.8, 4) is 23.0 Å². The second-order valence-electron chi connectivity index (χ2n) is 7.95. The Balaban J connectivity index is 2.07. The van der Waals surface area contributed by atoms with Crippen LogP contribution in [0.15, 0.2) is 12.1 Å². The average Bonchev–Trinajstić information content (AvgIpc) is 2.97. The van der Waals surface area contributed by atoms with Crippen molar-refractivity contribution >= 4 is 0 Å². The highest BCUT2D eigenvalue weighted by Gasteiger charge is 2.51. The molecule has 4 heteroatoms. The Morgan fingerprint density at radius 1 is 0.760 bits per heavy atom. The van der Waals surface area contributed by atoms with Crippen molar-refractivity contribution in [2.24, 2.45) is 0 Å². The van der Waals surface area contributed by atoms with Gasteiger partial charge < -0.3 is 20.4 Å². The highest BCUT2D eigenvalue weighted by molar-refractivity contribution is 5.67. The molecule has 0 heterocycles. The van der Waals surface area contributed by atoms with Crippen LogP contribution in [0.4, 0.5) is 0 Å². The van der Waals surface area contributed by atoms with E-state index in [1.54, 1.807) is 12.1 Å². The van der Waals surface area contributed by atoms with E-state index in [1.807, 2.05) is 13.8 Å². The van der Waals surface area contributed by atoms with E-state index in [-0.39, 0.29) is 40.2 Å². The van der Waals surface area contributed by atoms with Crippen molar-refractivity contribution in [2.75, 3.05) is 0 Å². The average molecular weight is 340 g/mol. The maximum absolute atomic E-state index is 10.2. The minimum Gasteiger partial charge on any atom is -0.504 e. The molecule has 4 N–H and O–H groups in total. The highest BCUT2D eigenvalue weighted by Crippen LogP contribution is 2.63. The normalized spacial score (nSPS) is 26.9. The molecule has 2 atom stereocenters. The molecule has 2 aromatic rings. The molecule has 2 aliphatic carbocycles. The van der Waals surface area contributed by atoms with Crippen molar-refractivity contribution in [1.29, 1.82) is 0 Å². The summed E-state index contributed by atoms with van der Waals surface area (Å²) in [5.74, 6) is 0.222. The van der Waals surface area contributed by atoms with Crippen molar-refractivity contribution in [3.63, 3.8) is 0 Å². The van der Waals surface area contributed by atoms with E-state index in [1.165, 1.54) is 0 Å². The largest absolute Gasteiger partial charge is 0.504 e. The van der Waals surface area contributed by atoms with Crippen LogP contribution in [0.1, 0.15) is 71.9 Å². The predicted octanol–water partition coefficient (Wildman–Crippen LogP) is 4.43. The zero-order valence-electron chi connectivity index (χ0n) is 15.0. The van der Waals surface area contributed by atoms with Crippen molar-refractivity contribution in [3.05, 3.63) is 45.5 Å². The number of phenols is 4. The fourth-order valence-corrected chi connectivity index (χ4v) is 5.59. The number of fused-ring (bicyclic) bond motifs is 4. The molecule has 2 aromatic carbocycles. The number of rotatable bonds is 0. The minimum atomic E-state index is -0.296. The fraction of sp³-hybridized carbons (Fsp3) is 0.429. The summed E-state index contributed by atoms with van der Waals surface area (Å²) in [7, 11) is 0. The maximum Gasteiger partial charge on any atom is 0.160 e. The molecule has 0 bridgehead atoms. The van der Waals surface area contributed by atoms with Gasteiger partial charge >= 0.3 is 0 Å². The van der Waals surface area contributed by atoms with Gasteiger partial charge in [-0.15, -0.1) is 0 Å². The van der Waals surface area contributed by atoms with E-state index in [0.29, 0.717) is 0 Å². The summed E-state index contributed by atoms with van der Waals surface area (Å²) >= 11 is 0. The lowest BCUT2D eigenvalue weighted by molar-refractivity contribution is 0.397. The third-order valence-corrected chi connectivity index (χ3v) is 6.47. The van der Waals surface area contributed by atoms with Crippen molar-refractivity contribution in [2.45, 2.75) is 57.8 Å². The Labute approximate surface area is 147 Å². The zero-order chi connectivity index (χ0) is 18.3. The monoisotopic (exact) mass is 340 g/mol. The van der Waals surface area contributed by atoms with Gasteiger partial charge in [0.1, 0.15) is 0 Å². The van der Waals surface area contributed by atoms with Gasteiger partial charge in [-0.1, -0.05) is 13.8 Å². The van der Waals surface area contributed by atoms with E-state index in [9.17, 15) is 20.4 Å². The van der Waals surface area contributed by atoms with E-state index < -0.39 is 0 Å². The van der Waals surface area contributed by atoms with Crippen molar-refractivity contribution in [1.82, 2.24) is 0 Å². The summed E-state index contributed by atoms with van der Waals surface area (Å²) in [5.41, 5.74) is 5.46. The molecule has 0 saturated carbocycles. The van der Waals surface area contributed by atoms with E-state index in [0.717, 1.165) is 46.2 Å². The Bertz CT molecular complexity index is 838. The van der Waals surface area contributed by atoms with Gasteiger partial charge in [0.25, 0.3) is 0 Å². The Hall–Kier alpha value is -2.36. The molecule has 0 radical (unpaired) electrons. The molecule has 2 unspecified atom stereocenters. The van der Waals surface area contributed by atoms with Gasteiger partial charge in [-0.2, -0.15) is 0 Å². The first-order valence-electron chi connectivity index (χ1n) is 8.80. The van der Waals surface area contributed by atoms with E-state index >= 15 is 0 Å². The Kier molecular flexibility index (Phi) is 3.12. The first-order valence-corrected chi connectivity index (χ1v) is 8.80. The van der Waals surface area contributed by atoms with Crippen LogP contribution in [-0.2, 0) is 5.41 Å². The van der Waals surface area contributed by atoms with Crippen molar-refractivity contribution < 1.29 is 20.4 Å². The summed E-state index contributed by atoms with van der Waals surface area (Å²) in [5, 5.41) is 40.8. The SMILES string of the molecule is Cc1c(O)c(O)cc2c1C(C)CC21CC(C)c2c1cc(O)c(O)c2C. The highest BCUT2D eigenvalue weighted by atomic mass is 16.3. The first-order chi connectivity index (χ1) is 11.7. The number of hydrogen-bond acceptors (Lipinski definition) is 4. The van der Waals surface area contributed by atoms with Crippen LogP contribution >= 0.6 is 0 Å². The van der Waals surface area contributed by atoms with Gasteiger partial charge in [0.15, 0.2) is 23.0 Å². The third kappa shape index (κ3) is 1.82. The number of phenolic OH excluding ortho intramolecular Hbond substituents is 4. The van der Waals surface area contributed by atoms with Gasteiger partial charge in [-0.3, -0.25) is 0 Å². The molecular weight excluding hydrogens is 316 g/mol. The summed E-state index contributed by atoms with van der Waals surface area (Å²) in [6.07, 6.45) is 1.74. The molecule has 2 aliphatic rings. The van der Waals surface area contributed by atoms with Gasteiger partial charge in [0, 0.05) is 5.41 Å². The van der Waals surface area contributed by atoms with Gasteiger partial charge in [0.2, 0.25) is 0 Å². The molecule has 0 fully saturated rings. The molecule has 0 saturated heterocycles. The van der Waals surface area contributed by atoms with Crippen LogP contribution < -0.4 is 0 Å². The molecular formula is C21H24O4. The maximum atomic E-state index is 10.2. The van der Waals surface area contributed by atoms with Gasteiger partial charge in [0.05, 0.1) is 0 Å². The lowest BCUT2D eigenvalue weighted by Gasteiger charge is -2.28. The molecule has 0 aliphatic heterocycles. The first kappa shape index (κ1) is 16.1. The number of hydrogen-bond donors (Lipinski definition) is 4. The van der Waals surface area contributed by atoms with Crippen LogP contribution in [0.2, 0.25) is 0 Å². The smallest absolute Gasteiger partial charge is 0.160 e. The molecule has 4 rings (SSSR count). The summed E-state index contributed by atoms with van der Waals surface area (Å²) in [6, 6.07) is 3.39. The van der Waals surface area contributed by atoms with Crippen LogP contribution in [0.25, 0.3) is 0 Å².